The number of esters is 1. The van der Waals surface area contributed by atoms with E-state index in [1.165, 1.54) is 7.11 Å². The van der Waals surface area contributed by atoms with Gasteiger partial charge in [0.2, 0.25) is 6.10 Å². The molecule has 1 aromatic rings. The molecule has 2 saturated heterocycles. The van der Waals surface area contributed by atoms with Crippen LogP contribution in [0.5, 0.6) is 5.75 Å². The van der Waals surface area contributed by atoms with Crippen molar-refractivity contribution >= 4 is 31.7 Å². The second-order valence-electron chi connectivity index (χ2n) is 10.1. The SMILES string of the molecule is COC(=O)[C@@H](OC(=S)Oc1ccccc1)[C@H]1O[C@@H]2OC(C)(C)O[C@@H]2[C@H]1O[Si](C)(C)C(C)(C)C. The smallest absolute Gasteiger partial charge is 0.358 e. The van der Waals surface area contributed by atoms with E-state index in [1.54, 1.807) is 24.3 Å². The lowest BCUT2D eigenvalue weighted by Crippen LogP contribution is -2.54. The van der Waals surface area contributed by atoms with Crippen molar-refractivity contribution in [3.8, 4) is 5.75 Å². The Morgan fingerprint density at radius 1 is 1.15 bits per heavy atom. The van der Waals surface area contributed by atoms with Gasteiger partial charge in [-0.1, -0.05) is 39.0 Å². The summed E-state index contributed by atoms with van der Waals surface area (Å²) in [5.41, 5.74) is 0. The van der Waals surface area contributed by atoms with E-state index in [-0.39, 0.29) is 10.3 Å². The van der Waals surface area contributed by atoms with Crippen LogP contribution >= 0.6 is 12.2 Å². The average molecular weight is 499 g/mol. The summed E-state index contributed by atoms with van der Waals surface area (Å²) in [5, 5.41) is -0.316. The Kier molecular flexibility index (Phi) is 7.57. The zero-order valence-electron chi connectivity index (χ0n) is 20.4. The topological polar surface area (TPSA) is 81.7 Å². The maximum absolute atomic E-state index is 12.8. The van der Waals surface area contributed by atoms with Crippen molar-refractivity contribution in [2.75, 3.05) is 7.11 Å². The molecular formula is C23H34O8SSi. The number of carbonyl (C=O) groups is 1. The Bertz CT molecular complexity index is 854. The van der Waals surface area contributed by atoms with Crippen LogP contribution < -0.4 is 4.74 Å². The van der Waals surface area contributed by atoms with Gasteiger partial charge in [-0.05, 0) is 44.1 Å². The molecule has 0 bridgehead atoms. The second-order valence-corrected chi connectivity index (χ2v) is 15.2. The van der Waals surface area contributed by atoms with Gasteiger partial charge in [-0.3, -0.25) is 0 Å². The molecule has 0 N–H and O–H groups in total. The first kappa shape index (κ1) is 26.0. The Morgan fingerprint density at radius 2 is 1.79 bits per heavy atom. The summed E-state index contributed by atoms with van der Waals surface area (Å²) < 4.78 is 41.2. The molecule has 0 saturated carbocycles. The predicted molar refractivity (Wildman–Crippen MR) is 127 cm³/mol. The fourth-order valence-corrected chi connectivity index (χ4v) is 4.98. The van der Waals surface area contributed by atoms with Gasteiger partial charge >= 0.3 is 11.2 Å². The number of benzene rings is 1. The molecule has 10 heteroatoms. The molecule has 2 heterocycles. The molecule has 2 aliphatic rings. The van der Waals surface area contributed by atoms with Crippen LogP contribution in [0.25, 0.3) is 0 Å². The van der Waals surface area contributed by atoms with Crippen molar-refractivity contribution in [3.63, 3.8) is 0 Å². The van der Waals surface area contributed by atoms with Gasteiger partial charge in [-0.15, -0.1) is 0 Å². The second kappa shape index (κ2) is 9.59. The maximum atomic E-state index is 12.8. The first-order chi connectivity index (χ1) is 15.2. The van der Waals surface area contributed by atoms with Crippen molar-refractivity contribution in [2.45, 2.75) is 89.2 Å². The number of ether oxygens (including phenoxy) is 6. The zero-order valence-corrected chi connectivity index (χ0v) is 22.3. The summed E-state index contributed by atoms with van der Waals surface area (Å²) in [6, 6.07) is 8.91. The van der Waals surface area contributed by atoms with Gasteiger partial charge in [0.05, 0.1) is 7.11 Å². The van der Waals surface area contributed by atoms with E-state index in [2.05, 4.69) is 33.9 Å². The normalized spacial score (nSPS) is 27.5. The lowest BCUT2D eigenvalue weighted by Gasteiger charge is -2.41. The molecule has 0 unspecified atom stereocenters. The molecule has 8 nitrogen and oxygen atoms in total. The highest BCUT2D eigenvalue weighted by molar-refractivity contribution is 7.79. The van der Waals surface area contributed by atoms with E-state index in [0.717, 1.165) is 0 Å². The van der Waals surface area contributed by atoms with E-state index in [9.17, 15) is 4.79 Å². The van der Waals surface area contributed by atoms with Crippen molar-refractivity contribution in [2.24, 2.45) is 0 Å². The van der Waals surface area contributed by atoms with E-state index >= 15 is 0 Å². The number of hydrogen-bond donors (Lipinski definition) is 0. The van der Waals surface area contributed by atoms with Crippen molar-refractivity contribution in [1.82, 2.24) is 0 Å². The van der Waals surface area contributed by atoms with Gasteiger partial charge in [0.15, 0.2) is 20.4 Å². The van der Waals surface area contributed by atoms with Gasteiger partial charge in [0, 0.05) is 12.2 Å². The minimum absolute atomic E-state index is 0.0854. The third-order valence-electron chi connectivity index (χ3n) is 6.16. The Hall–Kier alpha value is -1.56. The van der Waals surface area contributed by atoms with Gasteiger partial charge in [-0.25, -0.2) is 4.79 Å². The summed E-state index contributed by atoms with van der Waals surface area (Å²) in [6.45, 7) is 14.3. The van der Waals surface area contributed by atoms with Gasteiger partial charge in [0.1, 0.15) is 24.1 Å². The van der Waals surface area contributed by atoms with Crippen LogP contribution in [0.15, 0.2) is 30.3 Å². The standard InChI is InChI=1S/C23H34O8SSi/c1-22(2,3)33(7,8)31-16-15(27-20-18(16)29-23(4,5)30-20)17(19(24)25-6)28-21(32)26-14-12-10-9-11-13-14/h9-13,15-18,20H,1-8H3/t15-,16-,17-,18+,20+/m0/s1. The predicted octanol–water partition coefficient (Wildman–Crippen LogP) is 4.18. The fourth-order valence-electron chi connectivity index (χ4n) is 3.48. The molecule has 2 fully saturated rings. The Morgan fingerprint density at radius 3 is 2.36 bits per heavy atom. The molecule has 2 aliphatic heterocycles. The number of methoxy groups -OCH3 is 1. The molecule has 3 rings (SSSR count). The summed E-state index contributed by atoms with van der Waals surface area (Å²) in [4.78, 5) is 12.8. The summed E-state index contributed by atoms with van der Waals surface area (Å²) in [7, 11) is -1.02. The first-order valence-corrected chi connectivity index (χ1v) is 14.3. The van der Waals surface area contributed by atoms with E-state index in [0.29, 0.717) is 5.75 Å². The van der Waals surface area contributed by atoms with Crippen molar-refractivity contribution in [1.29, 1.82) is 0 Å². The summed E-state index contributed by atoms with van der Waals surface area (Å²) >= 11 is 5.26. The van der Waals surface area contributed by atoms with Crippen LogP contribution in [0.1, 0.15) is 34.6 Å². The minimum atomic E-state index is -2.30. The number of para-hydroxylation sites is 1. The fraction of sp³-hybridized carbons (Fsp3) is 0.652. The average Bonchev–Trinajstić information content (AvgIpc) is 3.17. The minimum Gasteiger partial charge on any atom is -0.466 e. The van der Waals surface area contributed by atoms with Gasteiger partial charge in [-0.2, -0.15) is 0 Å². The van der Waals surface area contributed by atoms with Crippen LogP contribution in [-0.2, 0) is 32.9 Å². The molecular weight excluding hydrogens is 464 g/mol. The summed E-state index contributed by atoms with van der Waals surface area (Å²) in [5.74, 6) is -1.03. The number of hydrogen-bond acceptors (Lipinski definition) is 9. The molecule has 0 aromatic heterocycles. The van der Waals surface area contributed by atoms with Gasteiger partial charge < -0.3 is 32.8 Å². The van der Waals surface area contributed by atoms with Crippen LogP contribution in [-0.4, -0.2) is 63.1 Å². The lowest BCUT2D eigenvalue weighted by atomic mass is 10.1. The van der Waals surface area contributed by atoms with E-state index < -0.39 is 50.8 Å². The number of fused-ring (bicyclic) bond motifs is 1. The van der Waals surface area contributed by atoms with Crippen LogP contribution in [0.2, 0.25) is 18.1 Å². The number of rotatable bonds is 6. The maximum Gasteiger partial charge on any atom is 0.358 e. The Labute approximate surface area is 201 Å². The van der Waals surface area contributed by atoms with Crippen LogP contribution in [0, 0.1) is 0 Å². The third-order valence-corrected chi connectivity index (χ3v) is 10.8. The van der Waals surface area contributed by atoms with Gasteiger partial charge in [0.25, 0.3) is 0 Å². The molecule has 0 spiro atoms. The van der Waals surface area contributed by atoms with E-state index in [1.807, 2.05) is 19.9 Å². The molecule has 0 amide bonds. The highest BCUT2D eigenvalue weighted by Crippen LogP contribution is 2.45. The van der Waals surface area contributed by atoms with Crippen LogP contribution in [0.4, 0.5) is 0 Å². The number of thiocarbonyl (C=S) groups is 1. The third kappa shape index (κ3) is 5.93. The molecule has 5 atom stereocenters. The summed E-state index contributed by atoms with van der Waals surface area (Å²) in [6.07, 6.45) is -4.02. The largest absolute Gasteiger partial charge is 0.466 e. The molecule has 0 aliphatic carbocycles. The Balaban J connectivity index is 1.87. The quantitative estimate of drug-likeness (QED) is 0.326. The zero-order chi connectivity index (χ0) is 24.6. The molecule has 0 radical (unpaired) electrons. The molecule has 1 aromatic carbocycles. The van der Waals surface area contributed by atoms with Crippen molar-refractivity contribution in [3.05, 3.63) is 30.3 Å². The molecule has 33 heavy (non-hydrogen) atoms. The molecule has 184 valence electrons. The lowest BCUT2D eigenvalue weighted by molar-refractivity contribution is -0.225. The highest BCUT2D eigenvalue weighted by Gasteiger charge is 2.61. The number of carbonyl (C=O) groups excluding carboxylic acids is 1. The first-order valence-electron chi connectivity index (χ1n) is 10.9. The van der Waals surface area contributed by atoms with E-state index in [4.69, 9.17) is 45.1 Å². The van der Waals surface area contributed by atoms with Crippen molar-refractivity contribution < 1.29 is 37.6 Å². The van der Waals surface area contributed by atoms with Crippen LogP contribution in [0.3, 0.4) is 0 Å². The monoisotopic (exact) mass is 498 g/mol. The highest BCUT2D eigenvalue weighted by atomic mass is 32.1.